The number of aliphatic carboxylic acids is 1. The van der Waals surface area contributed by atoms with Crippen molar-refractivity contribution in [2.75, 3.05) is 25.5 Å². The van der Waals surface area contributed by atoms with E-state index in [1.54, 1.807) is 0 Å². The molecule has 1 aliphatic rings. The lowest BCUT2D eigenvalue weighted by molar-refractivity contribution is -0.143. The van der Waals surface area contributed by atoms with Gasteiger partial charge >= 0.3 is 18.6 Å². The van der Waals surface area contributed by atoms with Crippen molar-refractivity contribution in [3.63, 3.8) is 0 Å². The zero-order valence-electron chi connectivity index (χ0n) is 13.9. The predicted octanol–water partition coefficient (Wildman–Crippen LogP) is 2.87. The number of hydrogen-bond acceptors (Lipinski definition) is 4. The number of carboxylic acid groups (broad SMARTS) is 1. The summed E-state index contributed by atoms with van der Waals surface area (Å²) in [6.07, 6.45) is 0.484. The van der Waals surface area contributed by atoms with Crippen LogP contribution >= 0.6 is 0 Å². The summed E-state index contributed by atoms with van der Waals surface area (Å²) in [4.78, 5) is 25.0. The van der Waals surface area contributed by atoms with E-state index in [1.165, 1.54) is 30.2 Å². The van der Waals surface area contributed by atoms with Crippen molar-refractivity contribution in [1.82, 2.24) is 4.90 Å². The molecule has 1 aromatic rings. The number of piperidine rings is 1. The molecule has 2 N–H and O–H groups in total. The largest absolute Gasteiger partial charge is 0.497 e. The van der Waals surface area contributed by atoms with Gasteiger partial charge in [-0.25, -0.2) is 4.79 Å². The first-order valence-corrected chi connectivity index (χ1v) is 7.71. The molecule has 2 atom stereocenters. The number of methoxy groups -OCH3 is 1. The van der Waals surface area contributed by atoms with Gasteiger partial charge in [0, 0.05) is 19.2 Å². The van der Waals surface area contributed by atoms with Crippen LogP contribution in [-0.4, -0.2) is 48.8 Å². The normalized spacial score (nSPS) is 20.3. The average molecular weight is 358 g/mol. The van der Waals surface area contributed by atoms with Gasteiger partial charge in [0.1, 0.15) is 11.5 Å². The molecule has 0 aliphatic carbocycles. The molecule has 2 amide bonds. The van der Waals surface area contributed by atoms with Gasteiger partial charge < -0.3 is 24.8 Å². The van der Waals surface area contributed by atoms with E-state index in [0.717, 1.165) is 0 Å². The number of ether oxygens (including phenoxy) is 2. The van der Waals surface area contributed by atoms with E-state index in [1.807, 2.05) is 6.92 Å². The molecule has 0 bridgehead atoms. The molecule has 7 nitrogen and oxygen atoms in total. The van der Waals surface area contributed by atoms with E-state index in [2.05, 4.69) is 10.1 Å². The second-order valence-electron chi connectivity index (χ2n) is 5.95. The van der Waals surface area contributed by atoms with Crippen molar-refractivity contribution >= 4 is 17.7 Å². The summed E-state index contributed by atoms with van der Waals surface area (Å²) >= 11 is 0. The lowest BCUT2D eigenvalue weighted by Crippen LogP contribution is -2.47. The fraction of sp³-hybridized carbons (Fsp3) is 0.500. The third-order valence-corrected chi connectivity index (χ3v) is 3.94. The molecule has 25 heavy (non-hydrogen) atoms. The Bertz CT molecular complexity index is 641. The van der Waals surface area contributed by atoms with Crippen molar-refractivity contribution in [2.45, 2.75) is 20.0 Å². The molecule has 0 saturated carbocycles. The molecular formula is C16H20F2N2O5. The highest BCUT2D eigenvalue weighted by atomic mass is 19.3. The molecule has 1 saturated heterocycles. The van der Waals surface area contributed by atoms with Crippen LogP contribution in [0.15, 0.2) is 18.2 Å². The Morgan fingerprint density at radius 1 is 1.36 bits per heavy atom. The molecule has 0 aromatic heterocycles. The number of carbonyl (C=O) groups excluding carboxylic acids is 1. The number of alkyl halides is 2. The Kier molecular flexibility index (Phi) is 6.00. The van der Waals surface area contributed by atoms with Crippen LogP contribution in [0.5, 0.6) is 11.5 Å². The molecule has 1 heterocycles. The monoisotopic (exact) mass is 358 g/mol. The van der Waals surface area contributed by atoms with Crippen LogP contribution in [0.3, 0.4) is 0 Å². The first-order chi connectivity index (χ1) is 11.8. The van der Waals surface area contributed by atoms with Gasteiger partial charge in [-0.15, -0.1) is 0 Å². The van der Waals surface area contributed by atoms with E-state index in [0.29, 0.717) is 18.7 Å². The first-order valence-electron chi connectivity index (χ1n) is 7.71. The number of benzene rings is 1. The third kappa shape index (κ3) is 4.94. The van der Waals surface area contributed by atoms with E-state index in [9.17, 15) is 23.5 Å². The molecule has 2 rings (SSSR count). The van der Waals surface area contributed by atoms with Gasteiger partial charge in [-0.2, -0.15) is 8.78 Å². The minimum absolute atomic E-state index is 0.0164. The Morgan fingerprint density at radius 3 is 2.68 bits per heavy atom. The lowest BCUT2D eigenvalue weighted by Gasteiger charge is -2.34. The van der Waals surface area contributed by atoms with Crippen LogP contribution in [0.25, 0.3) is 0 Å². The third-order valence-electron chi connectivity index (χ3n) is 3.94. The van der Waals surface area contributed by atoms with Crippen molar-refractivity contribution in [3.8, 4) is 11.5 Å². The molecule has 0 radical (unpaired) electrons. The zero-order valence-corrected chi connectivity index (χ0v) is 13.9. The summed E-state index contributed by atoms with van der Waals surface area (Å²) in [7, 11) is 1.40. The van der Waals surface area contributed by atoms with Crippen LogP contribution in [0, 0.1) is 11.8 Å². The summed E-state index contributed by atoms with van der Waals surface area (Å²) in [5.41, 5.74) is 0.0229. The number of halogens is 2. The van der Waals surface area contributed by atoms with Gasteiger partial charge in [-0.05, 0) is 24.5 Å². The second-order valence-corrected chi connectivity index (χ2v) is 5.95. The van der Waals surface area contributed by atoms with Gasteiger partial charge in [0.05, 0.1) is 18.7 Å². The van der Waals surface area contributed by atoms with E-state index in [4.69, 9.17) is 4.74 Å². The summed E-state index contributed by atoms with van der Waals surface area (Å²) in [5, 5.41) is 11.7. The Morgan fingerprint density at radius 2 is 2.08 bits per heavy atom. The number of anilines is 1. The maximum Gasteiger partial charge on any atom is 0.387 e. The standard InChI is InChI=1S/C16H20F2N2O5/c1-9-5-10(14(21)22)8-20(7-9)16(23)19-12-6-11(24-2)3-4-13(12)25-15(17)18/h3-4,6,9-10,15H,5,7-8H2,1-2H3,(H,19,23)(H,21,22). The van der Waals surface area contributed by atoms with Crippen LogP contribution in [-0.2, 0) is 4.79 Å². The molecule has 1 fully saturated rings. The molecule has 2 unspecified atom stereocenters. The lowest BCUT2D eigenvalue weighted by atomic mass is 9.91. The number of likely N-dealkylation sites (tertiary alicyclic amines) is 1. The van der Waals surface area contributed by atoms with Crippen molar-refractivity contribution in [3.05, 3.63) is 18.2 Å². The Hall–Kier alpha value is -2.58. The van der Waals surface area contributed by atoms with E-state index >= 15 is 0 Å². The van der Waals surface area contributed by atoms with Gasteiger partial charge in [-0.1, -0.05) is 6.92 Å². The molecule has 1 aliphatic heterocycles. The number of rotatable bonds is 5. The Balaban J connectivity index is 2.17. The maximum atomic E-state index is 12.5. The molecular weight excluding hydrogens is 338 g/mol. The minimum Gasteiger partial charge on any atom is -0.497 e. The van der Waals surface area contributed by atoms with Crippen LogP contribution in [0.2, 0.25) is 0 Å². The smallest absolute Gasteiger partial charge is 0.387 e. The van der Waals surface area contributed by atoms with Crippen LogP contribution in [0.4, 0.5) is 19.3 Å². The summed E-state index contributed by atoms with van der Waals surface area (Å²) in [6.45, 7) is -0.757. The summed E-state index contributed by atoms with van der Waals surface area (Å²) < 4.78 is 34.5. The van der Waals surface area contributed by atoms with Gasteiger partial charge in [0.25, 0.3) is 0 Å². The number of nitrogens with one attached hydrogen (secondary N) is 1. The summed E-state index contributed by atoms with van der Waals surface area (Å²) in [6, 6.07) is 3.47. The highest BCUT2D eigenvalue weighted by Crippen LogP contribution is 2.31. The maximum absolute atomic E-state index is 12.5. The molecule has 9 heteroatoms. The number of amides is 2. The van der Waals surface area contributed by atoms with Crippen LogP contribution in [0.1, 0.15) is 13.3 Å². The number of urea groups is 1. The quantitative estimate of drug-likeness (QED) is 0.845. The summed E-state index contributed by atoms with van der Waals surface area (Å²) in [5.74, 6) is -1.46. The zero-order chi connectivity index (χ0) is 18.6. The van der Waals surface area contributed by atoms with Crippen molar-refractivity contribution < 1.29 is 33.0 Å². The number of carbonyl (C=O) groups is 2. The van der Waals surface area contributed by atoms with Crippen molar-refractivity contribution in [2.24, 2.45) is 11.8 Å². The molecule has 1 aromatic carbocycles. The highest BCUT2D eigenvalue weighted by molar-refractivity contribution is 5.91. The van der Waals surface area contributed by atoms with Crippen LogP contribution < -0.4 is 14.8 Å². The SMILES string of the molecule is COc1ccc(OC(F)F)c(NC(=O)N2CC(C)CC(C(=O)O)C2)c1. The molecule has 0 spiro atoms. The number of hydrogen-bond donors (Lipinski definition) is 2. The second kappa shape index (κ2) is 8.00. The van der Waals surface area contributed by atoms with Crippen molar-refractivity contribution in [1.29, 1.82) is 0 Å². The molecule has 138 valence electrons. The fourth-order valence-electron chi connectivity index (χ4n) is 2.82. The minimum atomic E-state index is -3.05. The van der Waals surface area contributed by atoms with E-state index < -0.39 is 24.5 Å². The first kappa shape index (κ1) is 18.8. The number of carboxylic acids is 1. The fourth-order valence-corrected chi connectivity index (χ4v) is 2.82. The predicted molar refractivity (Wildman–Crippen MR) is 85.1 cm³/mol. The van der Waals surface area contributed by atoms with Gasteiger partial charge in [0.15, 0.2) is 0 Å². The number of nitrogens with zero attached hydrogens (tertiary/aromatic N) is 1. The van der Waals surface area contributed by atoms with Gasteiger partial charge in [0.2, 0.25) is 0 Å². The van der Waals surface area contributed by atoms with Gasteiger partial charge in [-0.3, -0.25) is 4.79 Å². The Labute approximate surface area is 143 Å². The van der Waals surface area contributed by atoms with E-state index in [-0.39, 0.29) is 23.9 Å². The topological polar surface area (TPSA) is 88.1 Å². The average Bonchev–Trinajstić information content (AvgIpc) is 2.55. The highest BCUT2D eigenvalue weighted by Gasteiger charge is 2.32.